The molecule has 6 rings (SSSR count). The van der Waals surface area contributed by atoms with Crippen molar-refractivity contribution in [2.75, 3.05) is 13.2 Å². The number of amidine groups is 1. The number of rotatable bonds is 11. The molecular formula is C30H29N7O4. The minimum Gasteiger partial charge on any atom is -0.491 e. The molecule has 0 amide bonds. The zero-order chi connectivity index (χ0) is 28.2. The van der Waals surface area contributed by atoms with Gasteiger partial charge in [-0.05, 0) is 37.8 Å². The zero-order valence-corrected chi connectivity index (χ0v) is 22.6. The highest BCUT2D eigenvalue weighted by Crippen LogP contribution is 2.38. The van der Waals surface area contributed by atoms with Crippen molar-refractivity contribution >= 4 is 17.7 Å². The number of benzene rings is 1. The first-order valence-corrected chi connectivity index (χ1v) is 13.7. The first kappa shape index (κ1) is 26.3. The maximum absolute atomic E-state index is 11.5. The van der Waals surface area contributed by atoms with Crippen LogP contribution in [0.25, 0.3) is 28.2 Å². The van der Waals surface area contributed by atoms with Crippen molar-refractivity contribution in [2.45, 2.75) is 39.2 Å². The van der Waals surface area contributed by atoms with Gasteiger partial charge in [-0.25, -0.2) is 19.8 Å². The number of aromatic nitrogens is 5. The molecule has 1 fully saturated rings. The summed E-state index contributed by atoms with van der Waals surface area (Å²) in [4.78, 5) is 46.5. The SMILES string of the molecule is CCOc1cnc(C2=C(CCC=O)N=C(C3CC3)N(Cc3ccc(-c4ccccc4-c4noc(=O)[nH]4)nc3)C2)nc1. The van der Waals surface area contributed by atoms with Crippen molar-refractivity contribution in [3.05, 3.63) is 82.6 Å². The molecule has 0 saturated heterocycles. The molecule has 0 bridgehead atoms. The lowest BCUT2D eigenvalue weighted by Gasteiger charge is -2.32. The van der Waals surface area contributed by atoms with Crippen molar-refractivity contribution in [3.63, 3.8) is 0 Å². The number of aliphatic imine (C=N–C) groups is 1. The van der Waals surface area contributed by atoms with Crippen molar-refractivity contribution in [2.24, 2.45) is 10.9 Å². The highest BCUT2D eigenvalue weighted by Gasteiger charge is 2.35. The van der Waals surface area contributed by atoms with Crippen LogP contribution in [0.2, 0.25) is 0 Å². The van der Waals surface area contributed by atoms with Gasteiger partial charge >= 0.3 is 5.76 Å². The number of ether oxygens (including phenoxy) is 1. The Hall–Kier alpha value is -4.93. The average Bonchev–Trinajstić information content (AvgIpc) is 3.76. The van der Waals surface area contributed by atoms with E-state index in [4.69, 9.17) is 19.2 Å². The van der Waals surface area contributed by atoms with Crippen molar-refractivity contribution in [1.82, 2.24) is 30.0 Å². The van der Waals surface area contributed by atoms with E-state index in [9.17, 15) is 9.59 Å². The molecular weight excluding hydrogens is 522 g/mol. The number of hydrogen-bond donors (Lipinski definition) is 1. The molecule has 0 unspecified atom stereocenters. The second kappa shape index (κ2) is 11.7. The van der Waals surface area contributed by atoms with E-state index in [0.717, 1.165) is 58.6 Å². The van der Waals surface area contributed by atoms with Gasteiger partial charge in [-0.15, -0.1) is 0 Å². The molecule has 4 aromatic rings. The van der Waals surface area contributed by atoms with Gasteiger partial charge < -0.3 is 14.4 Å². The first-order chi connectivity index (χ1) is 20.1. The normalized spacial score (nSPS) is 15.1. The monoisotopic (exact) mass is 551 g/mol. The lowest BCUT2D eigenvalue weighted by Crippen LogP contribution is -2.36. The molecule has 11 nitrogen and oxygen atoms in total. The van der Waals surface area contributed by atoms with Gasteiger partial charge in [0.1, 0.15) is 12.1 Å². The highest BCUT2D eigenvalue weighted by atomic mass is 16.5. The Morgan fingerprint density at radius 1 is 1.07 bits per heavy atom. The summed E-state index contributed by atoms with van der Waals surface area (Å²) in [7, 11) is 0. The minimum absolute atomic E-state index is 0.358. The number of nitrogens with one attached hydrogen (secondary N) is 1. The van der Waals surface area contributed by atoms with Crippen LogP contribution in [0.3, 0.4) is 0 Å². The lowest BCUT2D eigenvalue weighted by atomic mass is 10.0. The third-order valence-electron chi connectivity index (χ3n) is 7.02. The predicted octanol–water partition coefficient (Wildman–Crippen LogP) is 4.30. The zero-order valence-electron chi connectivity index (χ0n) is 22.6. The van der Waals surface area contributed by atoms with Crippen LogP contribution in [0.5, 0.6) is 5.75 Å². The topological polar surface area (TPSA) is 139 Å². The van der Waals surface area contributed by atoms with Gasteiger partial charge in [0.15, 0.2) is 17.4 Å². The number of H-pyrrole nitrogens is 1. The maximum Gasteiger partial charge on any atom is 0.439 e. The van der Waals surface area contributed by atoms with Crippen LogP contribution in [0, 0.1) is 5.92 Å². The Balaban J connectivity index is 1.27. The maximum atomic E-state index is 11.5. The standard InChI is InChI=1S/C30H29N7O4/c1-2-40-21-15-32-27(33-16-21)24-18-37(29(20-10-11-20)34-26(24)8-5-13-38)17-19-9-12-25(31-14-19)22-6-3-4-7-23(22)28-35-30(39)41-36-28/h3-4,6-7,9,12-16,20H,2,5,8,10-11,17-18H2,1H3,(H,35,36,39). The highest BCUT2D eigenvalue weighted by molar-refractivity contribution is 5.92. The Bertz CT molecular complexity index is 1650. The van der Waals surface area contributed by atoms with E-state index in [0.29, 0.717) is 55.9 Å². The number of allylic oxidation sites excluding steroid dienone is 1. The number of hydrogen-bond acceptors (Lipinski definition) is 10. The molecule has 11 heteroatoms. The summed E-state index contributed by atoms with van der Waals surface area (Å²) in [6, 6.07) is 11.6. The number of nitrogens with zero attached hydrogens (tertiary/aromatic N) is 6. The van der Waals surface area contributed by atoms with Gasteiger partial charge in [-0.2, -0.15) is 0 Å². The van der Waals surface area contributed by atoms with Crippen LogP contribution in [-0.4, -0.2) is 55.3 Å². The third-order valence-corrected chi connectivity index (χ3v) is 7.02. The first-order valence-electron chi connectivity index (χ1n) is 13.7. The average molecular weight is 552 g/mol. The van der Waals surface area contributed by atoms with E-state index in [-0.39, 0.29) is 0 Å². The summed E-state index contributed by atoms with van der Waals surface area (Å²) in [5, 5.41) is 3.84. The number of pyridine rings is 1. The fourth-order valence-corrected chi connectivity index (χ4v) is 4.94. The molecule has 1 N–H and O–H groups in total. The van der Waals surface area contributed by atoms with Crippen LogP contribution < -0.4 is 10.5 Å². The van der Waals surface area contributed by atoms with Gasteiger partial charge in [0.25, 0.3) is 0 Å². The van der Waals surface area contributed by atoms with E-state index in [1.54, 1.807) is 12.4 Å². The molecule has 2 aliphatic rings. The Morgan fingerprint density at radius 2 is 1.88 bits per heavy atom. The molecule has 1 aliphatic heterocycles. The molecule has 1 aromatic carbocycles. The smallest absolute Gasteiger partial charge is 0.439 e. The molecule has 0 spiro atoms. The molecule has 3 aromatic heterocycles. The van der Waals surface area contributed by atoms with Crippen LogP contribution in [0.1, 0.15) is 44.0 Å². The van der Waals surface area contributed by atoms with Gasteiger partial charge in [0.05, 0.1) is 30.4 Å². The molecule has 1 aliphatic carbocycles. The van der Waals surface area contributed by atoms with E-state index < -0.39 is 5.76 Å². The molecule has 1 saturated carbocycles. The molecule has 0 radical (unpaired) electrons. The summed E-state index contributed by atoms with van der Waals surface area (Å²) in [6.45, 7) is 3.65. The second-order valence-electron chi connectivity index (χ2n) is 9.95. The van der Waals surface area contributed by atoms with E-state index >= 15 is 0 Å². The van der Waals surface area contributed by atoms with Gasteiger partial charge in [-0.3, -0.25) is 14.5 Å². The molecule has 0 atom stereocenters. The fraction of sp³-hybridized carbons (Fsp3) is 0.300. The second-order valence-corrected chi connectivity index (χ2v) is 9.95. The quantitative estimate of drug-likeness (QED) is 0.270. The lowest BCUT2D eigenvalue weighted by molar-refractivity contribution is -0.107. The van der Waals surface area contributed by atoms with E-state index in [2.05, 4.69) is 25.0 Å². The predicted molar refractivity (Wildman–Crippen MR) is 152 cm³/mol. The van der Waals surface area contributed by atoms with E-state index in [1.165, 1.54) is 0 Å². The number of aldehydes is 1. The van der Waals surface area contributed by atoms with Crippen molar-refractivity contribution in [1.29, 1.82) is 0 Å². The Morgan fingerprint density at radius 3 is 2.54 bits per heavy atom. The van der Waals surface area contributed by atoms with Gasteiger partial charge in [-0.1, -0.05) is 35.5 Å². The molecule has 41 heavy (non-hydrogen) atoms. The van der Waals surface area contributed by atoms with Crippen LogP contribution in [0.15, 0.2) is 75.0 Å². The minimum atomic E-state index is -0.605. The van der Waals surface area contributed by atoms with Gasteiger partial charge in [0, 0.05) is 48.3 Å². The van der Waals surface area contributed by atoms with Crippen LogP contribution >= 0.6 is 0 Å². The van der Waals surface area contributed by atoms with Crippen LogP contribution in [0.4, 0.5) is 0 Å². The van der Waals surface area contributed by atoms with Crippen molar-refractivity contribution < 1.29 is 14.1 Å². The Kier molecular flexibility index (Phi) is 7.48. The number of aromatic amines is 1. The van der Waals surface area contributed by atoms with Crippen molar-refractivity contribution in [3.8, 4) is 28.4 Å². The number of carbonyl (C=O) groups excluding carboxylic acids is 1. The van der Waals surface area contributed by atoms with Crippen LogP contribution in [-0.2, 0) is 11.3 Å². The summed E-state index contributed by atoms with van der Waals surface area (Å²) < 4.78 is 10.2. The Labute approximate surface area is 236 Å². The molecule has 4 heterocycles. The third kappa shape index (κ3) is 5.84. The summed E-state index contributed by atoms with van der Waals surface area (Å²) in [6.07, 6.45) is 9.28. The summed E-state index contributed by atoms with van der Waals surface area (Å²) >= 11 is 0. The van der Waals surface area contributed by atoms with Gasteiger partial charge in [0.2, 0.25) is 0 Å². The number of carbonyl (C=O) groups is 1. The largest absolute Gasteiger partial charge is 0.491 e. The summed E-state index contributed by atoms with van der Waals surface area (Å²) in [5.41, 5.74) is 5.13. The molecule has 208 valence electrons. The summed E-state index contributed by atoms with van der Waals surface area (Å²) in [5.74, 6) is 2.41. The van der Waals surface area contributed by atoms with E-state index in [1.807, 2.05) is 49.5 Å². The fourth-order valence-electron chi connectivity index (χ4n) is 4.94.